The molecule has 5 rings (SSSR count). The van der Waals surface area contributed by atoms with Crippen LogP contribution in [0.4, 0.5) is 10.7 Å². The standard InChI is InChI=1S/C24H31N6O5/c1-15-16(2)30-20-21(25-23(30)29(15)18-14-17(33-4)6-7-19(18)34-5)26(3)24(32)28(22(20)31)9-8-27-10-12-35-13-11-27/h6-7,14,20H,8-13H2,1-5H3/q+1. The molecule has 0 saturated carbocycles. The lowest BCUT2D eigenvalue weighted by Gasteiger charge is -2.35. The highest BCUT2D eigenvalue weighted by molar-refractivity contribution is 6.19. The number of fused-ring (bicyclic) bond motifs is 3. The van der Waals surface area contributed by atoms with Gasteiger partial charge in [-0.3, -0.25) is 19.5 Å². The summed E-state index contributed by atoms with van der Waals surface area (Å²) in [6.45, 7) is 7.81. The van der Waals surface area contributed by atoms with E-state index in [-0.39, 0.29) is 11.9 Å². The number of nitrogens with zero attached hydrogens (tertiary/aromatic N) is 6. The summed E-state index contributed by atoms with van der Waals surface area (Å²) in [5.41, 5.74) is 2.55. The van der Waals surface area contributed by atoms with Crippen LogP contribution in [0.2, 0.25) is 0 Å². The number of ether oxygens (including phenoxy) is 3. The Morgan fingerprint density at radius 1 is 1.11 bits per heavy atom. The van der Waals surface area contributed by atoms with Crippen molar-refractivity contribution in [3.8, 4) is 17.2 Å². The maximum atomic E-state index is 13.7. The number of likely N-dealkylation sites (N-methyl/N-ethyl adjacent to an activating group) is 1. The number of aliphatic imine (C=N–C) groups is 1. The zero-order valence-corrected chi connectivity index (χ0v) is 20.8. The third-order valence-electron chi connectivity index (χ3n) is 7.09. The number of imide groups is 1. The number of urea groups is 1. The van der Waals surface area contributed by atoms with Gasteiger partial charge >= 0.3 is 12.0 Å². The molecular weight excluding hydrogens is 452 g/mol. The first kappa shape index (κ1) is 23.3. The summed E-state index contributed by atoms with van der Waals surface area (Å²) in [4.78, 5) is 36.7. The van der Waals surface area contributed by atoms with Crippen molar-refractivity contribution in [3.63, 3.8) is 0 Å². The van der Waals surface area contributed by atoms with Crippen molar-refractivity contribution in [1.82, 2.24) is 19.3 Å². The summed E-state index contributed by atoms with van der Waals surface area (Å²) in [7, 11) is 4.89. The first-order valence-electron chi connectivity index (χ1n) is 11.7. The second kappa shape index (κ2) is 8.97. The predicted molar refractivity (Wildman–Crippen MR) is 127 cm³/mol. The van der Waals surface area contributed by atoms with Crippen LogP contribution < -0.4 is 14.0 Å². The van der Waals surface area contributed by atoms with Crippen LogP contribution in [0.5, 0.6) is 11.5 Å². The number of carbonyl (C=O) groups excluding carboxylic acids is 2. The molecule has 4 heterocycles. The first-order chi connectivity index (χ1) is 16.9. The van der Waals surface area contributed by atoms with Crippen LogP contribution in [0.3, 0.4) is 0 Å². The molecule has 1 unspecified atom stereocenters. The monoisotopic (exact) mass is 483 g/mol. The fourth-order valence-electron chi connectivity index (χ4n) is 4.97. The van der Waals surface area contributed by atoms with Gasteiger partial charge in [0.15, 0.2) is 11.4 Å². The smallest absolute Gasteiger partial charge is 0.407 e. The minimum absolute atomic E-state index is 0.262. The third-order valence-corrected chi connectivity index (χ3v) is 7.09. The third kappa shape index (κ3) is 3.66. The van der Waals surface area contributed by atoms with Crippen LogP contribution in [0.15, 0.2) is 23.2 Å². The molecule has 11 heteroatoms. The van der Waals surface area contributed by atoms with Crippen molar-refractivity contribution in [1.29, 1.82) is 0 Å². The average Bonchev–Trinajstić information content (AvgIpc) is 3.38. The van der Waals surface area contributed by atoms with Gasteiger partial charge in [-0.15, -0.1) is 0 Å². The minimum atomic E-state index is -0.700. The Labute approximate surface area is 204 Å². The molecule has 0 spiro atoms. The number of rotatable bonds is 6. The average molecular weight is 484 g/mol. The van der Waals surface area contributed by atoms with Gasteiger partial charge in [-0.25, -0.2) is 9.36 Å². The summed E-state index contributed by atoms with van der Waals surface area (Å²) in [5, 5.41) is 0. The highest BCUT2D eigenvalue weighted by Crippen LogP contribution is 2.37. The molecule has 1 aromatic heterocycles. The van der Waals surface area contributed by atoms with Gasteiger partial charge in [-0.1, -0.05) is 4.99 Å². The number of benzene rings is 1. The van der Waals surface area contributed by atoms with Gasteiger partial charge in [0.25, 0.3) is 5.91 Å². The maximum absolute atomic E-state index is 13.7. The van der Waals surface area contributed by atoms with Crippen molar-refractivity contribution < 1.29 is 28.4 Å². The Morgan fingerprint density at radius 2 is 1.86 bits per heavy atom. The molecule has 0 N–H and O–H groups in total. The molecule has 0 bridgehead atoms. The van der Waals surface area contributed by atoms with Crippen LogP contribution >= 0.6 is 0 Å². The lowest BCUT2D eigenvalue weighted by molar-refractivity contribution is -0.682. The van der Waals surface area contributed by atoms with Gasteiger partial charge in [0.05, 0.1) is 27.4 Å². The lowest BCUT2D eigenvalue weighted by Crippen LogP contribution is -2.64. The second-order valence-corrected chi connectivity index (χ2v) is 8.87. The second-order valence-electron chi connectivity index (χ2n) is 8.87. The molecular formula is C24H31N6O5+. The van der Waals surface area contributed by atoms with E-state index in [0.29, 0.717) is 49.6 Å². The number of hydrogen-bond donors (Lipinski definition) is 0. The van der Waals surface area contributed by atoms with E-state index < -0.39 is 6.04 Å². The summed E-state index contributed by atoms with van der Waals surface area (Å²) in [5.74, 6) is 2.05. The fraction of sp³-hybridized carbons (Fsp3) is 0.500. The predicted octanol–water partition coefficient (Wildman–Crippen LogP) is 1.21. The topological polar surface area (TPSA) is 92.7 Å². The molecule has 1 aromatic carbocycles. The Bertz CT molecular complexity index is 1220. The molecule has 3 amide bonds. The van der Waals surface area contributed by atoms with Gasteiger partial charge in [-0.05, 0) is 26.0 Å². The Hall–Kier alpha value is -3.44. The highest BCUT2D eigenvalue weighted by atomic mass is 16.5. The molecule has 3 aliphatic heterocycles. The maximum Gasteiger partial charge on any atom is 0.407 e. The quantitative estimate of drug-likeness (QED) is 0.574. The Morgan fingerprint density at radius 3 is 2.54 bits per heavy atom. The van der Waals surface area contributed by atoms with Gasteiger partial charge in [0.1, 0.15) is 17.1 Å². The number of morpholine rings is 1. The number of carbonyl (C=O) groups is 2. The van der Waals surface area contributed by atoms with E-state index >= 15 is 0 Å². The normalized spacial score (nSPS) is 20.1. The molecule has 0 radical (unpaired) electrons. The Balaban J connectivity index is 1.54. The van der Waals surface area contributed by atoms with Crippen molar-refractivity contribution in [2.45, 2.75) is 19.9 Å². The van der Waals surface area contributed by atoms with Crippen LogP contribution in [-0.4, -0.2) is 97.7 Å². The van der Waals surface area contributed by atoms with Crippen molar-refractivity contribution in [2.75, 3.05) is 60.7 Å². The molecule has 186 valence electrons. The van der Waals surface area contributed by atoms with E-state index in [1.54, 1.807) is 21.3 Å². The highest BCUT2D eigenvalue weighted by Gasteiger charge is 2.54. The number of methoxy groups -OCH3 is 2. The summed E-state index contributed by atoms with van der Waals surface area (Å²) >= 11 is 0. The first-order valence-corrected chi connectivity index (χ1v) is 11.7. The van der Waals surface area contributed by atoms with E-state index in [1.165, 1.54) is 9.80 Å². The molecule has 0 aliphatic carbocycles. The van der Waals surface area contributed by atoms with E-state index in [2.05, 4.69) is 4.90 Å². The molecule has 3 aliphatic rings. The van der Waals surface area contributed by atoms with Gasteiger partial charge in [-0.2, -0.15) is 4.57 Å². The molecule has 2 fully saturated rings. The zero-order valence-electron chi connectivity index (χ0n) is 20.8. The number of amidine groups is 1. The summed E-state index contributed by atoms with van der Waals surface area (Å²) in [6.07, 6.45) is 0. The number of aromatic nitrogens is 2. The van der Waals surface area contributed by atoms with Crippen LogP contribution in [-0.2, 0) is 9.53 Å². The SMILES string of the molecule is COc1ccc(OC)c(-n2c(C)c(C)[n+]3c2N=C2C3C(=O)N(CCN3CCOCC3)C(=O)N2C)c1. The molecule has 35 heavy (non-hydrogen) atoms. The van der Waals surface area contributed by atoms with Crippen molar-refractivity contribution >= 4 is 23.7 Å². The molecule has 2 saturated heterocycles. The lowest BCUT2D eigenvalue weighted by atomic mass is 10.1. The summed E-state index contributed by atoms with van der Waals surface area (Å²) in [6, 6.07) is 4.48. The fourth-order valence-corrected chi connectivity index (χ4v) is 4.97. The van der Waals surface area contributed by atoms with E-state index in [0.717, 1.165) is 30.2 Å². The van der Waals surface area contributed by atoms with Crippen LogP contribution in [0.1, 0.15) is 17.4 Å². The van der Waals surface area contributed by atoms with Crippen molar-refractivity contribution in [2.24, 2.45) is 4.99 Å². The van der Waals surface area contributed by atoms with Gasteiger partial charge in [0, 0.05) is 39.3 Å². The minimum Gasteiger partial charge on any atom is -0.497 e. The molecule has 2 aromatic rings. The van der Waals surface area contributed by atoms with Crippen molar-refractivity contribution in [3.05, 3.63) is 29.6 Å². The summed E-state index contributed by atoms with van der Waals surface area (Å²) < 4.78 is 20.3. The zero-order chi connectivity index (χ0) is 24.9. The van der Waals surface area contributed by atoms with Crippen LogP contribution in [0.25, 0.3) is 5.69 Å². The number of hydrogen-bond acceptors (Lipinski definition) is 7. The van der Waals surface area contributed by atoms with E-state index in [1.807, 2.05) is 41.2 Å². The Kier molecular flexibility index (Phi) is 5.97. The van der Waals surface area contributed by atoms with E-state index in [4.69, 9.17) is 19.2 Å². The van der Waals surface area contributed by atoms with Gasteiger partial charge < -0.3 is 14.2 Å². The number of amides is 3. The molecule has 11 nitrogen and oxygen atoms in total. The largest absolute Gasteiger partial charge is 0.497 e. The van der Waals surface area contributed by atoms with E-state index in [9.17, 15) is 9.59 Å². The number of imidazole rings is 1. The van der Waals surface area contributed by atoms with Gasteiger partial charge in [0.2, 0.25) is 11.9 Å². The molecule has 1 atom stereocenters. The van der Waals surface area contributed by atoms with Crippen LogP contribution in [0, 0.1) is 13.8 Å².